The van der Waals surface area contributed by atoms with Crippen molar-refractivity contribution >= 4 is 22.5 Å². The second kappa shape index (κ2) is 4.97. The van der Waals surface area contributed by atoms with Crippen molar-refractivity contribution in [3.63, 3.8) is 0 Å². The first kappa shape index (κ1) is 12.1. The molecule has 1 aromatic heterocycles. The molecule has 4 heteroatoms. The van der Waals surface area contributed by atoms with E-state index >= 15 is 0 Å². The number of carbonyl (C=O) groups is 1. The third kappa shape index (κ3) is 2.31. The molecular formula is C15H17N3O. The number of pyridine rings is 1. The third-order valence-electron chi connectivity index (χ3n) is 3.77. The molecule has 0 bridgehead atoms. The number of hydrogen-bond acceptors (Lipinski definition) is 3. The highest BCUT2D eigenvalue weighted by molar-refractivity contribution is 6.01. The average molecular weight is 255 g/mol. The summed E-state index contributed by atoms with van der Waals surface area (Å²) in [5.74, 6) is 0.140. The number of benzene rings is 1. The second-order valence-electron chi connectivity index (χ2n) is 5.00. The predicted octanol–water partition coefficient (Wildman–Crippen LogP) is 2.17. The fourth-order valence-electron chi connectivity index (χ4n) is 2.65. The van der Waals surface area contributed by atoms with Gasteiger partial charge in [-0.2, -0.15) is 0 Å². The number of amides is 1. The Morgan fingerprint density at radius 3 is 3.05 bits per heavy atom. The van der Waals surface area contributed by atoms with E-state index < -0.39 is 0 Å². The molecule has 2 unspecified atom stereocenters. The van der Waals surface area contributed by atoms with Crippen LogP contribution in [0.5, 0.6) is 0 Å². The standard InChI is InChI=1S/C15H17N3O/c1-10-11(7-9-16-10)15(19)18-14-6-2-5-13-12(14)4-3-8-17-13/h2-6,8,10-11,16H,7,9H2,1H3,(H,18,19). The average Bonchev–Trinajstić information content (AvgIpc) is 2.85. The van der Waals surface area contributed by atoms with E-state index in [0.717, 1.165) is 29.6 Å². The summed E-state index contributed by atoms with van der Waals surface area (Å²) in [6, 6.07) is 9.90. The summed E-state index contributed by atoms with van der Waals surface area (Å²) in [5, 5.41) is 7.32. The number of fused-ring (bicyclic) bond motifs is 1. The van der Waals surface area contributed by atoms with Crippen LogP contribution in [0.3, 0.4) is 0 Å². The van der Waals surface area contributed by atoms with Gasteiger partial charge in [0.05, 0.1) is 17.1 Å². The molecule has 1 aliphatic heterocycles. The maximum absolute atomic E-state index is 12.3. The van der Waals surface area contributed by atoms with Crippen LogP contribution in [0.4, 0.5) is 5.69 Å². The molecule has 19 heavy (non-hydrogen) atoms. The Bertz CT molecular complexity index is 606. The van der Waals surface area contributed by atoms with Crippen LogP contribution in [0.25, 0.3) is 10.9 Å². The molecule has 4 nitrogen and oxygen atoms in total. The molecule has 1 saturated heterocycles. The van der Waals surface area contributed by atoms with Gasteiger partial charge in [0.1, 0.15) is 0 Å². The Labute approximate surface area is 112 Å². The number of rotatable bonds is 2. The molecule has 1 aromatic carbocycles. The van der Waals surface area contributed by atoms with Crippen LogP contribution in [0.15, 0.2) is 36.5 Å². The van der Waals surface area contributed by atoms with Crippen LogP contribution < -0.4 is 10.6 Å². The van der Waals surface area contributed by atoms with Crippen molar-refractivity contribution in [3.8, 4) is 0 Å². The summed E-state index contributed by atoms with van der Waals surface area (Å²) in [7, 11) is 0. The minimum Gasteiger partial charge on any atom is -0.325 e. The lowest BCUT2D eigenvalue weighted by atomic mass is 10.0. The molecule has 0 aliphatic carbocycles. The van der Waals surface area contributed by atoms with Crippen molar-refractivity contribution in [3.05, 3.63) is 36.5 Å². The van der Waals surface area contributed by atoms with Gasteiger partial charge in [-0.3, -0.25) is 9.78 Å². The van der Waals surface area contributed by atoms with Gasteiger partial charge in [0, 0.05) is 17.6 Å². The van der Waals surface area contributed by atoms with Gasteiger partial charge < -0.3 is 10.6 Å². The normalized spacial score (nSPS) is 22.6. The molecule has 0 spiro atoms. The van der Waals surface area contributed by atoms with Gasteiger partial charge in [-0.25, -0.2) is 0 Å². The van der Waals surface area contributed by atoms with E-state index in [0.29, 0.717) is 0 Å². The lowest BCUT2D eigenvalue weighted by Crippen LogP contribution is -2.32. The van der Waals surface area contributed by atoms with Crippen molar-refractivity contribution in [2.45, 2.75) is 19.4 Å². The molecule has 1 amide bonds. The Balaban J connectivity index is 1.87. The van der Waals surface area contributed by atoms with E-state index in [4.69, 9.17) is 0 Å². The van der Waals surface area contributed by atoms with Gasteiger partial charge in [-0.15, -0.1) is 0 Å². The first-order chi connectivity index (χ1) is 9.25. The Kier molecular flexibility index (Phi) is 3.17. The molecule has 3 rings (SSSR count). The molecule has 2 N–H and O–H groups in total. The number of nitrogens with one attached hydrogen (secondary N) is 2. The van der Waals surface area contributed by atoms with Gasteiger partial charge in [0.25, 0.3) is 0 Å². The summed E-state index contributed by atoms with van der Waals surface area (Å²) in [5.41, 5.74) is 1.74. The summed E-state index contributed by atoms with van der Waals surface area (Å²) >= 11 is 0. The van der Waals surface area contributed by atoms with Crippen molar-refractivity contribution in [1.29, 1.82) is 0 Å². The molecule has 2 heterocycles. The van der Waals surface area contributed by atoms with Crippen molar-refractivity contribution in [1.82, 2.24) is 10.3 Å². The highest BCUT2D eigenvalue weighted by Gasteiger charge is 2.29. The lowest BCUT2D eigenvalue weighted by molar-refractivity contribution is -0.119. The van der Waals surface area contributed by atoms with Crippen LogP contribution in [-0.2, 0) is 4.79 Å². The zero-order chi connectivity index (χ0) is 13.2. The van der Waals surface area contributed by atoms with Crippen molar-refractivity contribution in [2.24, 2.45) is 5.92 Å². The maximum atomic E-state index is 12.3. The Morgan fingerprint density at radius 1 is 1.37 bits per heavy atom. The number of anilines is 1. The monoisotopic (exact) mass is 255 g/mol. The van der Waals surface area contributed by atoms with Crippen molar-refractivity contribution < 1.29 is 4.79 Å². The number of hydrogen-bond donors (Lipinski definition) is 2. The summed E-state index contributed by atoms with van der Waals surface area (Å²) in [6.07, 6.45) is 2.66. The van der Waals surface area contributed by atoms with Gasteiger partial charge in [-0.1, -0.05) is 6.07 Å². The quantitative estimate of drug-likeness (QED) is 0.864. The van der Waals surface area contributed by atoms with Gasteiger partial charge in [-0.05, 0) is 44.2 Å². The number of aromatic nitrogens is 1. The molecule has 98 valence electrons. The highest BCUT2D eigenvalue weighted by Crippen LogP contribution is 2.23. The third-order valence-corrected chi connectivity index (χ3v) is 3.77. The van der Waals surface area contributed by atoms with Crippen LogP contribution in [-0.4, -0.2) is 23.5 Å². The summed E-state index contributed by atoms with van der Waals surface area (Å²) < 4.78 is 0. The molecule has 0 saturated carbocycles. The maximum Gasteiger partial charge on any atom is 0.229 e. The number of carbonyl (C=O) groups excluding carboxylic acids is 1. The first-order valence-corrected chi connectivity index (χ1v) is 6.64. The molecule has 2 atom stereocenters. The predicted molar refractivity (Wildman–Crippen MR) is 75.9 cm³/mol. The van der Waals surface area contributed by atoms with E-state index in [2.05, 4.69) is 22.5 Å². The molecule has 1 aliphatic rings. The van der Waals surface area contributed by atoms with E-state index in [-0.39, 0.29) is 17.9 Å². The minimum absolute atomic E-state index is 0.0481. The SMILES string of the molecule is CC1NCCC1C(=O)Nc1cccc2ncccc12. The molecule has 1 fully saturated rings. The smallest absolute Gasteiger partial charge is 0.229 e. The fraction of sp³-hybridized carbons (Fsp3) is 0.333. The Morgan fingerprint density at radius 2 is 2.26 bits per heavy atom. The largest absolute Gasteiger partial charge is 0.325 e. The van der Waals surface area contributed by atoms with Gasteiger partial charge in [0.2, 0.25) is 5.91 Å². The lowest BCUT2D eigenvalue weighted by Gasteiger charge is -2.15. The minimum atomic E-state index is 0.0481. The van der Waals surface area contributed by atoms with Gasteiger partial charge >= 0.3 is 0 Å². The van der Waals surface area contributed by atoms with Crippen molar-refractivity contribution in [2.75, 3.05) is 11.9 Å². The van der Waals surface area contributed by atoms with Crippen LogP contribution in [0.1, 0.15) is 13.3 Å². The zero-order valence-electron chi connectivity index (χ0n) is 10.9. The van der Waals surface area contributed by atoms with E-state index in [1.165, 1.54) is 0 Å². The summed E-state index contributed by atoms with van der Waals surface area (Å²) in [6.45, 7) is 2.97. The molecular weight excluding hydrogens is 238 g/mol. The highest BCUT2D eigenvalue weighted by atomic mass is 16.1. The van der Waals surface area contributed by atoms with E-state index in [9.17, 15) is 4.79 Å². The zero-order valence-corrected chi connectivity index (χ0v) is 10.9. The Hall–Kier alpha value is -1.94. The van der Waals surface area contributed by atoms with Gasteiger partial charge in [0.15, 0.2) is 0 Å². The molecule has 2 aromatic rings. The molecule has 0 radical (unpaired) electrons. The number of nitrogens with zero attached hydrogens (tertiary/aromatic N) is 1. The second-order valence-corrected chi connectivity index (χ2v) is 5.00. The first-order valence-electron chi connectivity index (χ1n) is 6.64. The van der Waals surface area contributed by atoms with Crippen LogP contribution in [0.2, 0.25) is 0 Å². The van der Waals surface area contributed by atoms with Crippen LogP contribution in [0, 0.1) is 5.92 Å². The summed E-state index contributed by atoms with van der Waals surface area (Å²) in [4.78, 5) is 16.6. The van der Waals surface area contributed by atoms with E-state index in [1.807, 2.05) is 30.3 Å². The topological polar surface area (TPSA) is 54.0 Å². The fourth-order valence-corrected chi connectivity index (χ4v) is 2.65. The van der Waals surface area contributed by atoms with E-state index in [1.54, 1.807) is 6.20 Å². The van der Waals surface area contributed by atoms with Crippen LogP contribution >= 0.6 is 0 Å².